The second-order valence-corrected chi connectivity index (χ2v) is 9.01. The van der Waals surface area contributed by atoms with Crippen LogP contribution in [0, 0.1) is 5.41 Å². The van der Waals surface area contributed by atoms with Gasteiger partial charge in [0.1, 0.15) is 18.0 Å². The lowest BCUT2D eigenvalue weighted by Crippen LogP contribution is -2.51. The second kappa shape index (κ2) is 7.58. The first-order chi connectivity index (χ1) is 15.3. The van der Waals surface area contributed by atoms with Gasteiger partial charge in [0.2, 0.25) is 5.91 Å². The van der Waals surface area contributed by atoms with Gasteiger partial charge in [-0.15, -0.1) is 10.2 Å². The normalized spacial score (nSPS) is 22.7. The van der Waals surface area contributed by atoms with Gasteiger partial charge in [-0.1, -0.05) is 11.6 Å². The molecule has 2 fully saturated rings. The number of hydrogen-bond donors (Lipinski definition) is 3. The molecule has 11 heteroatoms. The van der Waals surface area contributed by atoms with E-state index in [2.05, 4.69) is 20.1 Å². The molecule has 10 nitrogen and oxygen atoms in total. The van der Waals surface area contributed by atoms with Crippen LogP contribution in [0.1, 0.15) is 30.1 Å². The molecule has 0 bridgehead atoms. The summed E-state index contributed by atoms with van der Waals surface area (Å²) in [6.07, 6.45) is 4.99. The minimum atomic E-state index is -0.591. The van der Waals surface area contributed by atoms with Crippen LogP contribution in [-0.4, -0.2) is 57.3 Å². The number of nitrogens with two attached hydrogens (primary N) is 3. The average molecular weight is 457 g/mol. The molecule has 32 heavy (non-hydrogen) atoms. The number of anilines is 2. The lowest BCUT2D eigenvalue weighted by molar-refractivity contribution is 0.0974. The number of ether oxygens (including phenoxy) is 1. The highest BCUT2D eigenvalue weighted by molar-refractivity contribution is 6.36. The molecule has 0 aliphatic carbocycles. The molecule has 0 saturated carbocycles. The molecule has 1 spiro atoms. The van der Waals surface area contributed by atoms with E-state index >= 15 is 0 Å². The monoisotopic (exact) mass is 456 g/mol. The maximum absolute atomic E-state index is 12.5. The Labute approximate surface area is 189 Å². The molecule has 0 unspecified atom stereocenters. The van der Waals surface area contributed by atoms with Gasteiger partial charge in [-0.2, -0.15) is 0 Å². The Kier molecular flexibility index (Phi) is 4.95. The summed E-state index contributed by atoms with van der Waals surface area (Å²) in [5.41, 5.74) is 19.9. The number of halogens is 1. The van der Waals surface area contributed by atoms with Crippen LogP contribution in [0.2, 0.25) is 5.02 Å². The Hall–Kier alpha value is -2.95. The van der Waals surface area contributed by atoms with E-state index in [0.717, 1.165) is 31.7 Å². The summed E-state index contributed by atoms with van der Waals surface area (Å²) in [5.74, 6) is 0.356. The molecule has 1 amide bonds. The molecule has 2 atom stereocenters. The van der Waals surface area contributed by atoms with Crippen LogP contribution < -0.4 is 22.1 Å². The molecule has 3 aromatic rings. The van der Waals surface area contributed by atoms with Gasteiger partial charge in [-0.3, -0.25) is 9.20 Å². The highest BCUT2D eigenvalue weighted by Crippen LogP contribution is 2.43. The van der Waals surface area contributed by atoms with Crippen LogP contribution in [-0.2, 0) is 4.74 Å². The van der Waals surface area contributed by atoms with Crippen molar-refractivity contribution in [2.45, 2.75) is 31.9 Å². The molecule has 5 heterocycles. The van der Waals surface area contributed by atoms with Gasteiger partial charge in [0.25, 0.3) is 0 Å². The number of piperidine rings is 1. The molecule has 6 N–H and O–H groups in total. The SMILES string of the molecule is C[C@@H]1OCC2(CCN(c3cc(C(N)=O)c(-c4ccnc(N)c4Cl)c4nncn34)CC2)[C@@H]1N. The van der Waals surface area contributed by atoms with E-state index in [1.54, 1.807) is 18.5 Å². The van der Waals surface area contributed by atoms with E-state index in [-0.39, 0.29) is 28.4 Å². The van der Waals surface area contributed by atoms with Gasteiger partial charge >= 0.3 is 0 Å². The number of primary amides is 1. The first kappa shape index (κ1) is 20.9. The number of aromatic nitrogens is 4. The Balaban J connectivity index is 1.59. The average Bonchev–Trinajstić information content (AvgIpc) is 3.37. The Morgan fingerprint density at radius 1 is 1.34 bits per heavy atom. The summed E-state index contributed by atoms with van der Waals surface area (Å²) in [6, 6.07) is 3.47. The fourth-order valence-corrected chi connectivity index (χ4v) is 5.18. The third-order valence-corrected chi connectivity index (χ3v) is 7.34. The Morgan fingerprint density at radius 2 is 2.09 bits per heavy atom. The van der Waals surface area contributed by atoms with Crippen molar-refractivity contribution in [2.24, 2.45) is 16.9 Å². The molecular formula is C21H25ClN8O2. The third kappa shape index (κ3) is 3.09. The summed E-state index contributed by atoms with van der Waals surface area (Å²) in [4.78, 5) is 18.7. The number of nitrogens with zero attached hydrogens (tertiary/aromatic N) is 5. The number of pyridine rings is 2. The van der Waals surface area contributed by atoms with Gasteiger partial charge in [-0.05, 0) is 31.9 Å². The summed E-state index contributed by atoms with van der Waals surface area (Å²) in [7, 11) is 0. The first-order valence-electron chi connectivity index (χ1n) is 10.5. The van der Waals surface area contributed by atoms with E-state index in [1.165, 1.54) is 6.20 Å². The smallest absolute Gasteiger partial charge is 0.249 e. The van der Waals surface area contributed by atoms with Crippen LogP contribution in [0.25, 0.3) is 16.8 Å². The minimum absolute atomic E-state index is 0.0161. The molecule has 5 rings (SSSR count). The molecule has 168 valence electrons. The van der Waals surface area contributed by atoms with Crippen molar-refractivity contribution < 1.29 is 9.53 Å². The van der Waals surface area contributed by atoms with E-state index < -0.39 is 5.91 Å². The third-order valence-electron chi connectivity index (χ3n) is 6.94. The lowest BCUT2D eigenvalue weighted by atomic mass is 9.73. The fourth-order valence-electron chi connectivity index (χ4n) is 4.97. The van der Waals surface area contributed by atoms with Crippen LogP contribution in [0.15, 0.2) is 24.7 Å². The van der Waals surface area contributed by atoms with Gasteiger partial charge in [0, 0.05) is 41.9 Å². The van der Waals surface area contributed by atoms with Crippen molar-refractivity contribution in [2.75, 3.05) is 30.3 Å². The zero-order valence-electron chi connectivity index (χ0n) is 17.7. The van der Waals surface area contributed by atoms with E-state index in [1.807, 2.05) is 11.3 Å². The predicted octanol–water partition coefficient (Wildman–Crippen LogP) is 1.46. The molecule has 0 radical (unpaired) electrons. The standard InChI is InChI=1S/C21H25ClN8O2/c1-11-17(23)21(9-32-11)3-6-29(7-4-21)14-8-13(19(25)31)15(20-28-27-10-30(14)20)12-2-5-26-18(24)16(12)22/h2,5,8,10-11,17H,3-4,6-7,9,23H2,1H3,(H2,24,26)(H2,25,31)/t11-,17+/m0/s1. The van der Waals surface area contributed by atoms with Gasteiger partial charge in [-0.25, -0.2) is 4.98 Å². The number of fused-ring (bicyclic) bond motifs is 1. The maximum Gasteiger partial charge on any atom is 0.249 e. The van der Waals surface area contributed by atoms with Crippen molar-refractivity contribution in [3.05, 3.63) is 35.2 Å². The van der Waals surface area contributed by atoms with Gasteiger partial charge < -0.3 is 26.8 Å². The number of rotatable bonds is 3. The van der Waals surface area contributed by atoms with E-state index in [4.69, 9.17) is 33.5 Å². The van der Waals surface area contributed by atoms with E-state index in [9.17, 15) is 4.79 Å². The zero-order valence-corrected chi connectivity index (χ0v) is 18.4. The number of amides is 1. The molecule has 2 saturated heterocycles. The summed E-state index contributed by atoms with van der Waals surface area (Å²) >= 11 is 6.42. The number of carbonyl (C=O) groups is 1. The van der Waals surface area contributed by atoms with Crippen LogP contribution in [0.4, 0.5) is 11.6 Å². The predicted molar refractivity (Wildman–Crippen MR) is 121 cm³/mol. The lowest BCUT2D eigenvalue weighted by Gasteiger charge is -2.42. The largest absolute Gasteiger partial charge is 0.382 e. The quantitative estimate of drug-likeness (QED) is 0.535. The van der Waals surface area contributed by atoms with Crippen molar-refractivity contribution >= 4 is 34.8 Å². The first-order valence-corrected chi connectivity index (χ1v) is 10.9. The van der Waals surface area contributed by atoms with Crippen LogP contribution in [0.3, 0.4) is 0 Å². The van der Waals surface area contributed by atoms with Gasteiger partial charge in [0.05, 0.1) is 23.3 Å². The van der Waals surface area contributed by atoms with Crippen molar-refractivity contribution in [1.82, 2.24) is 19.6 Å². The van der Waals surface area contributed by atoms with Crippen LogP contribution in [0.5, 0.6) is 0 Å². The zero-order chi connectivity index (χ0) is 22.6. The maximum atomic E-state index is 12.5. The van der Waals surface area contributed by atoms with Crippen molar-refractivity contribution in [3.8, 4) is 11.1 Å². The van der Waals surface area contributed by atoms with Crippen molar-refractivity contribution in [1.29, 1.82) is 0 Å². The summed E-state index contributed by atoms with van der Waals surface area (Å²) < 4.78 is 7.68. The minimum Gasteiger partial charge on any atom is -0.382 e. The van der Waals surface area contributed by atoms with Crippen molar-refractivity contribution in [3.63, 3.8) is 0 Å². The molecule has 0 aromatic carbocycles. The topological polar surface area (TPSA) is 151 Å². The molecular weight excluding hydrogens is 432 g/mol. The highest BCUT2D eigenvalue weighted by Gasteiger charge is 2.47. The van der Waals surface area contributed by atoms with E-state index in [0.29, 0.717) is 28.9 Å². The number of hydrogen-bond acceptors (Lipinski definition) is 8. The number of nitrogen functional groups attached to an aromatic ring is 1. The summed E-state index contributed by atoms with van der Waals surface area (Å²) in [6.45, 7) is 4.23. The highest BCUT2D eigenvalue weighted by atomic mass is 35.5. The fraction of sp³-hybridized carbons (Fsp3) is 0.429. The van der Waals surface area contributed by atoms with Gasteiger partial charge in [0.15, 0.2) is 5.65 Å². The van der Waals surface area contributed by atoms with Crippen LogP contribution >= 0.6 is 11.6 Å². The Morgan fingerprint density at radius 3 is 2.75 bits per heavy atom. The molecule has 2 aliphatic rings. The number of carbonyl (C=O) groups excluding carboxylic acids is 1. The molecule has 3 aromatic heterocycles. The molecule has 2 aliphatic heterocycles. The summed E-state index contributed by atoms with van der Waals surface area (Å²) in [5, 5.41) is 8.60. The Bertz CT molecular complexity index is 1200. The second-order valence-electron chi connectivity index (χ2n) is 8.63.